The SMILES string of the molecule is O=C(O)/C=C/C(=O)O.[2H]C([2H])(O)C([2H])([2H])N1CCN(CCCN2c3ccccc3Sc3ccc(C(C)=O)cc32)CC1. The molecule has 0 spiro atoms. The number of para-hydroxylation sites is 1. The summed E-state index contributed by atoms with van der Waals surface area (Å²) in [6, 6.07) is 14.2. The van der Waals surface area contributed by atoms with Crippen LogP contribution in [0, 0.1) is 0 Å². The van der Waals surface area contributed by atoms with Gasteiger partial charge in [-0.05, 0) is 44.2 Å². The van der Waals surface area contributed by atoms with Gasteiger partial charge in [0, 0.05) is 69.5 Å². The van der Waals surface area contributed by atoms with E-state index >= 15 is 0 Å². The predicted octanol–water partition coefficient (Wildman–Crippen LogP) is 3.20. The van der Waals surface area contributed by atoms with Gasteiger partial charge < -0.3 is 25.1 Å². The van der Waals surface area contributed by atoms with Crippen molar-refractivity contribution in [2.24, 2.45) is 0 Å². The largest absolute Gasteiger partial charge is 0.478 e. The summed E-state index contributed by atoms with van der Waals surface area (Å²) >= 11 is 1.72. The van der Waals surface area contributed by atoms with Crippen LogP contribution in [0.1, 0.15) is 29.2 Å². The Morgan fingerprint density at radius 3 is 2.16 bits per heavy atom. The summed E-state index contributed by atoms with van der Waals surface area (Å²) in [6.45, 7) is -0.154. The number of hydrogen-bond acceptors (Lipinski definition) is 8. The van der Waals surface area contributed by atoms with Crippen molar-refractivity contribution < 1.29 is 35.2 Å². The van der Waals surface area contributed by atoms with Crippen molar-refractivity contribution in [1.29, 1.82) is 0 Å². The van der Waals surface area contributed by atoms with Crippen molar-refractivity contribution in [3.63, 3.8) is 0 Å². The maximum absolute atomic E-state index is 12.0. The van der Waals surface area contributed by atoms with Gasteiger partial charge in [0.05, 0.1) is 20.7 Å². The van der Waals surface area contributed by atoms with Crippen molar-refractivity contribution in [3.05, 3.63) is 60.2 Å². The van der Waals surface area contributed by atoms with Crippen LogP contribution in [0.5, 0.6) is 0 Å². The fraction of sp³-hybridized carbons (Fsp3) is 0.370. The fourth-order valence-electron chi connectivity index (χ4n) is 4.04. The monoisotopic (exact) mass is 531 g/mol. The summed E-state index contributed by atoms with van der Waals surface area (Å²) in [4.78, 5) is 39.3. The molecular weight excluding hydrogens is 494 g/mol. The van der Waals surface area contributed by atoms with E-state index in [0.717, 1.165) is 35.8 Å². The van der Waals surface area contributed by atoms with Gasteiger partial charge >= 0.3 is 11.9 Å². The molecule has 0 amide bonds. The van der Waals surface area contributed by atoms with Gasteiger partial charge in [0.25, 0.3) is 0 Å². The number of piperazine rings is 1. The van der Waals surface area contributed by atoms with Crippen LogP contribution >= 0.6 is 11.8 Å². The molecule has 0 radical (unpaired) electrons. The highest BCUT2D eigenvalue weighted by atomic mass is 32.2. The summed E-state index contributed by atoms with van der Waals surface area (Å²) in [6.07, 6.45) is 2.00. The lowest BCUT2D eigenvalue weighted by molar-refractivity contribution is -0.134. The van der Waals surface area contributed by atoms with E-state index in [2.05, 4.69) is 21.9 Å². The van der Waals surface area contributed by atoms with Crippen LogP contribution in [0.25, 0.3) is 0 Å². The Balaban J connectivity index is 0.000000507. The number of benzene rings is 2. The zero-order valence-corrected chi connectivity index (χ0v) is 21.3. The number of nitrogens with zero attached hydrogens (tertiary/aromatic N) is 3. The van der Waals surface area contributed by atoms with E-state index in [-0.39, 0.29) is 5.78 Å². The predicted molar refractivity (Wildman–Crippen MR) is 143 cm³/mol. The minimum Gasteiger partial charge on any atom is -0.478 e. The van der Waals surface area contributed by atoms with E-state index in [1.54, 1.807) is 18.7 Å². The quantitative estimate of drug-likeness (QED) is 0.328. The first kappa shape index (κ1) is 23.0. The van der Waals surface area contributed by atoms with Crippen LogP contribution in [0.4, 0.5) is 11.4 Å². The molecule has 9 nitrogen and oxygen atoms in total. The molecule has 0 aromatic heterocycles. The summed E-state index contributed by atoms with van der Waals surface area (Å²) in [7, 11) is 0. The zero-order valence-electron chi connectivity index (χ0n) is 24.5. The highest BCUT2D eigenvalue weighted by Gasteiger charge is 2.24. The molecule has 1 fully saturated rings. The highest BCUT2D eigenvalue weighted by molar-refractivity contribution is 7.99. The lowest BCUT2D eigenvalue weighted by Gasteiger charge is -2.36. The third kappa shape index (κ3) is 8.43. The molecule has 2 aliphatic heterocycles. The Morgan fingerprint density at radius 2 is 1.54 bits per heavy atom. The molecular formula is C27H33N3O6S. The lowest BCUT2D eigenvalue weighted by Crippen LogP contribution is -2.47. The lowest BCUT2D eigenvalue weighted by atomic mass is 10.1. The van der Waals surface area contributed by atoms with Gasteiger partial charge in [0.1, 0.15) is 0 Å². The minimum absolute atomic E-state index is 0.0478. The van der Waals surface area contributed by atoms with Crippen LogP contribution in [0.3, 0.4) is 0 Å². The number of carbonyl (C=O) groups is 3. The maximum Gasteiger partial charge on any atom is 0.328 e. The molecule has 10 heteroatoms. The van der Waals surface area contributed by atoms with E-state index in [1.807, 2.05) is 30.3 Å². The number of anilines is 2. The first-order valence-corrected chi connectivity index (χ1v) is 12.6. The van der Waals surface area contributed by atoms with Gasteiger partial charge in [0.15, 0.2) is 5.78 Å². The molecule has 0 saturated carbocycles. The molecule has 1 saturated heterocycles. The molecule has 0 unspecified atom stereocenters. The van der Waals surface area contributed by atoms with E-state index < -0.39 is 25.0 Å². The Kier molecular flexibility index (Phi) is 8.66. The summed E-state index contributed by atoms with van der Waals surface area (Å²) < 4.78 is 30.6. The van der Waals surface area contributed by atoms with Gasteiger partial charge in [-0.1, -0.05) is 30.0 Å². The molecule has 0 atom stereocenters. The number of carboxylic acid groups (broad SMARTS) is 2. The second-order valence-electron chi connectivity index (χ2n) is 8.38. The van der Waals surface area contributed by atoms with Crippen molar-refractivity contribution in [2.45, 2.75) is 23.1 Å². The van der Waals surface area contributed by atoms with E-state index in [4.69, 9.17) is 15.7 Å². The number of aliphatic hydroxyl groups is 1. The van der Waals surface area contributed by atoms with Crippen LogP contribution in [-0.4, -0.2) is 95.2 Å². The number of aliphatic carboxylic acids is 2. The van der Waals surface area contributed by atoms with Gasteiger partial charge in [-0.3, -0.25) is 9.69 Å². The maximum atomic E-state index is 12.0. The van der Waals surface area contributed by atoms with E-state index in [0.29, 0.717) is 43.9 Å². The number of carbonyl (C=O) groups excluding carboxylic acids is 1. The van der Waals surface area contributed by atoms with Crippen molar-refractivity contribution in [2.75, 3.05) is 57.2 Å². The molecule has 3 N–H and O–H groups in total. The molecule has 37 heavy (non-hydrogen) atoms. The first-order chi connectivity index (χ1) is 19.2. The minimum atomic E-state index is -2.90. The van der Waals surface area contributed by atoms with Crippen molar-refractivity contribution in [1.82, 2.24) is 9.80 Å². The van der Waals surface area contributed by atoms with Gasteiger partial charge in [-0.2, -0.15) is 0 Å². The molecule has 0 aliphatic carbocycles. The third-order valence-corrected chi connectivity index (χ3v) is 6.97. The molecule has 2 aliphatic rings. The summed E-state index contributed by atoms with van der Waals surface area (Å²) in [5.41, 5.74) is 2.89. The normalized spacial score (nSPS) is 17.8. The second-order valence-corrected chi connectivity index (χ2v) is 9.46. The van der Waals surface area contributed by atoms with Crippen LogP contribution in [0.15, 0.2) is 64.4 Å². The van der Waals surface area contributed by atoms with E-state index in [1.165, 1.54) is 9.80 Å². The average molecular weight is 532 g/mol. The van der Waals surface area contributed by atoms with Crippen LogP contribution < -0.4 is 4.90 Å². The average Bonchev–Trinajstić information content (AvgIpc) is 2.91. The molecule has 0 bridgehead atoms. The number of ketones is 1. The smallest absolute Gasteiger partial charge is 0.328 e. The topological polar surface area (TPSA) is 122 Å². The Hall–Kier alpha value is -3.18. The zero-order chi connectivity index (χ0) is 30.4. The number of β-amino-alcohol motifs (C(OH)–C–C–N with tert-alkyl or cyclic N) is 1. The van der Waals surface area contributed by atoms with Gasteiger partial charge in [-0.25, -0.2) is 9.59 Å². The Morgan fingerprint density at radius 1 is 0.919 bits per heavy atom. The Bertz CT molecular complexity index is 1280. The molecule has 198 valence electrons. The fourth-order valence-corrected chi connectivity index (χ4v) is 5.11. The van der Waals surface area contributed by atoms with Crippen LogP contribution in [-0.2, 0) is 9.59 Å². The van der Waals surface area contributed by atoms with Gasteiger partial charge in [-0.15, -0.1) is 0 Å². The summed E-state index contributed by atoms with van der Waals surface area (Å²) in [5.74, 6) is -2.47. The first-order valence-electron chi connectivity index (χ1n) is 13.7. The van der Waals surface area contributed by atoms with Crippen molar-refractivity contribution >= 4 is 40.9 Å². The number of fused-ring (bicyclic) bond motifs is 2. The number of hydrogen-bond donors (Lipinski definition) is 3. The Labute approximate surface area is 226 Å². The number of rotatable bonds is 9. The van der Waals surface area contributed by atoms with E-state index in [9.17, 15) is 19.5 Å². The van der Waals surface area contributed by atoms with Gasteiger partial charge in [0.2, 0.25) is 0 Å². The highest BCUT2D eigenvalue weighted by Crippen LogP contribution is 2.48. The number of carboxylic acids is 2. The number of Topliss-reactive ketones (excluding diaryl/α,β-unsaturated/α-hetero) is 1. The standard InChI is InChI=1S/C23H29N3O2S.C4H4O4/c1-18(28)19-7-8-23-21(17-19)26(20-5-2-3-6-22(20)29-23)10-4-9-24-11-13-25(14-12-24)15-16-27;5-3(6)1-2-4(7)8/h2-3,5-8,17,27H,4,9-16H2,1H3;1-2H,(H,5,6)(H,7,8)/b;2-1+/i15D2,16D2;. The molecule has 2 aromatic carbocycles. The second kappa shape index (κ2) is 13.9. The summed E-state index contributed by atoms with van der Waals surface area (Å²) in [5, 5.41) is 25.2. The molecule has 2 heterocycles. The third-order valence-electron chi connectivity index (χ3n) is 5.84. The van der Waals surface area contributed by atoms with Crippen molar-refractivity contribution in [3.8, 4) is 0 Å². The molecule has 4 rings (SSSR count). The van der Waals surface area contributed by atoms with Crippen LogP contribution in [0.2, 0.25) is 0 Å². The molecule has 2 aromatic rings.